The van der Waals surface area contributed by atoms with Crippen molar-refractivity contribution in [2.75, 3.05) is 0 Å². The van der Waals surface area contributed by atoms with Gasteiger partial charge >= 0.3 is 0 Å². The van der Waals surface area contributed by atoms with Crippen LogP contribution in [-0.2, 0) is 6.42 Å². The zero-order valence-electron chi connectivity index (χ0n) is 8.79. The summed E-state index contributed by atoms with van der Waals surface area (Å²) in [5, 5.41) is 0. The molecule has 0 bridgehead atoms. The number of hydrogen-bond donors (Lipinski definition) is 1. The van der Waals surface area contributed by atoms with E-state index in [9.17, 15) is 4.39 Å². The van der Waals surface area contributed by atoms with Crippen molar-refractivity contribution in [3.63, 3.8) is 0 Å². The molecule has 1 aromatic heterocycles. The van der Waals surface area contributed by atoms with Gasteiger partial charge in [0.2, 0.25) is 0 Å². The van der Waals surface area contributed by atoms with E-state index in [0.717, 1.165) is 11.1 Å². The van der Waals surface area contributed by atoms with Gasteiger partial charge in [0.05, 0.1) is 6.26 Å². The Morgan fingerprint density at radius 3 is 2.65 bits per heavy atom. The Labute approximate surface area is 115 Å². The van der Waals surface area contributed by atoms with E-state index in [-0.39, 0.29) is 11.9 Å². The van der Waals surface area contributed by atoms with Crippen molar-refractivity contribution in [2.24, 2.45) is 5.73 Å². The second kappa shape index (κ2) is 5.33. The Morgan fingerprint density at radius 2 is 2.06 bits per heavy atom. The van der Waals surface area contributed by atoms with Crippen molar-refractivity contribution in [3.05, 3.63) is 56.6 Å². The fourth-order valence-corrected chi connectivity index (χ4v) is 2.71. The van der Waals surface area contributed by atoms with E-state index in [0.29, 0.717) is 15.6 Å². The monoisotopic (exact) mass is 361 g/mol. The van der Waals surface area contributed by atoms with Crippen molar-refractivity contribution < 1.29 is 8.81 Å². The summed E-state index contributed by atoms with van der Waals surface area (Å²) in [6.07, 6.45) is 2.12. The standard InChI is InChI=1S/C12H10Br2FNO/c13-8-3-7(4-9(15)6-8)5-11(16)10-1-2-17-12(10)14/h1-4,6,11H,5,16H2. The molecule has 1 heterocycles. The number of rotatable bonds is 3. The van der Waals surface area contributed by atoms with Crippen molar-refractivity contribution in [2.45, 2.75) is 12.5 Å². The maximum Gasteiger partial charge on any atom is 0.173 e. The Morgan fingerprint density at radius 1 is 1.29 bits per heavy atom. The first-order valence-electron chi connectivity index (χ1n) is 4.99. The van der Waals surface area contributed by atoms with Gasteiger partial charge in [-0.05, 0) is 52.2 Å². The molecule has 0 spiro atoms. The average molecular weight is 363 g/mol. The second-order valence-corrected chi connectivity index (χ2v) is 5.37. The largest absolute Gasteiger partial charge is 0.457 e. The molecule has 0 aliphatic heterocycles. The van der Waals surface area contributed by atoms with Crippen LogP contribution in [0, 0.1) is 5.82 Å². The molecule has 0 saturated heterocycles. The minimum absolute atomic E-state index is 0.225. The van der Waals surface area contributed by atoms with Gasteiger partial charge < -0.3 is 10.2 Å². The lowest BCUT2D eigenvalue weighted by atomic mass is 10.0. The summed E-state index contributed by atoms with van der Waals surface area (Å²) in [6.45, 7) is 0. The quantitative estimate of drug-likeness (QED) is 0.889. The summed E-state index contributed by atoms with van der Waals surface area (Å²) < 4.78 is 19.7. The summed E-state index contributed by atoms with van der Waals surface area (Å²) >= 11 is 6.54. The lowest BCUT2D eigenvalue weighted by molar-refractivity contribution is 0.530. The molecule has 2 rings (SSSR count). The van der Waals surface area contributed by atoms with Crippen LogP contribution in [0.15, 0.2) is 44.1 Å². The highest BCUT2D eigenvalue weighted by molar-refractivity contribution is 9.10. The number of halogens is 3. The first-order chi connectivity index (χ1) is 8.06. The van der Waals surface area contributed by atoms with Gasteiger partial charge in [-0.1, -0.05) is 15.9 Å². The highest BCUT2D eigenvalue weighted by Gasteiger charge is 2.13. The molecule has 1 atom stereocenters. The van der Waals surface area contributed by atoms with Crippen molar-refractivity contribution in [3.8, 4) is 0 Å². The number of benzene rings is 1. The molecule has 0 aliphatic carbocycles. The normalized spacial score (nSPS) is 12.7. The van der Waals surface area contributed by atoms with Gasteiger partial charge in [0.25, 0.3) is 0 Å². The highest BCUT2D eigenvalue weighted by atomic mass is 79.9. The zero-order valence-corrected chi connectivity index (χ0v) is 12.0. The van der Waals surface area contributed by atoms with Gasteiger partial charge in [-0.2, -0.15) is 0 Å². The molecule has 0 fully saturated rings. The predicted octanol–water partition coefficient (Wildman–Crippen LogP) is 4.19. The molecule has 2 aromatic rings. The SMILES string of the molecule is NC(Cc1cc(F)cc(Br)c1)c1ccoc1Br. The summed E-state index contributed by atoms with van der Waals surface area (Å²) in [5.41, 5.74) is 7.77. The van der Waals surface area contributed by atoms with Crippen LogP contribution in [-0.4, -0.2) is 0 Å². The molecule has 0 radical (unpaired) electrons. The van der Waals surface area contributed by atoms with Crippen LogP contribution >= 0.6 is 31.9 Å². The Bertz CT molecular complexity index is 507. The molecular formula is C12H10Br2FNO. The maximum absolute atomic E-state index is 13.2. The first-order valence-corrected chi connectivity index (χ1v) is 6.58. The van der Waals surface area contributed by atoms with Crippen molar-refractivity contribution >= 4 is 31.9 Å². The van der Waals surface area contributed by atoms with E-state index in [1.54, 1.807) is 6.26 Å². The smallest absolute Gasteiger partial charge is 0.173 e. The lowest BCUT2D eigenvalue weighted by Crippen LogP contribution is -2.13. The van der Waals surface area contributed by atoms with Gasteiger partial charge in [-0.15, -0.1) is 0 Å². The number of hydrogen-bond acceptors (Lipinski definition) is 2. The van der Waals surface area contributed by atoms with Gasteiger partial charge in [-0.25, -0.2) is 4.39 Å². The minimum Gasteiger partial charge on any atom is -0.457 e. The van der Waals surface area contributed by atoms with Crippen LogP contribution in [0.25, 0.3) is 0 Å². The van der Waals surface area contributed by atoms with E-state index >= 15 is 0 Å². The first kappa shape index (κ1) is 12.8. The Balaban J connectivity index is 2.18. The van der Waals surface area contributed by atoms with Gasteiger partial charge in [0.1, 0.15) is 5.82 Å². The molecule has 0 saturated carbocycles. The third kappa shape index (κ3) is 3.18. The summed E-state index contributed by atoms with van der Waals surface area (Å²) in [5.74, 6) is -0.271. The molecular weight excluding hydrogens is 353 g/mol. The van der Waals surface area contributed by atoms with Gasteiger partial charge in [0.15, 0.2) is 4.67 Å². The molecule has 2 N–H and O–H groups in total. The van der Waals surface area contributed by atoms with Crippen LogP contribution in [0.5, 0.6) is 0 Å². The van der Waals surface area contributed by atoms with E-state index in [2.05, 4.69) is 31.9 Å². The molecule has 5 heteroatoms. The number of furan rings is 1. The zero-order chi connectivity index (χ0) is 12.4. The molecule has 0 amide bonds. The third-order valence-corrected chi connectivity index (χ3v) is 3.53. The second-order valence-electron chi connectivity index (χ2n) is 3.74. The average Bonchev–Trinajstić information content (AvgIpc) is 2.62. The molecule has 17 heavy (non-hydrogen) atoms. The van der Waals surface area contributed by atoms with Gasteiger partial charge in [-0.3, -0.25) is 0 Å². The Hall–Kier alpha value is -0.650. The predicted molar refractivity (Wildman–Crippen MR) is 71.1 cm³/mol. The van der Waals surface area contributed by atoms with Crippen LogP contribution in [0.3, 0.4) is 0 Å². The van der Waals surface area contributed by atoms with Crippen LogP contribution in [0.1, 0.15) is 17.2 Å². The summed E-state index contributed by atoms with van der Waals surface area (Å²) in [6, 6.07) is 6.35. The molecule has 1 aromatic carbocycles. The molecule has 90 valence electrons. The topological polar surface area (TPSA) is 39.2 Å². The van der Waals surface area contributed by atoms with Crippen LogP contribution < -0.4 is 5.73 Å². The highest BCUT2D eigenvalue weighted by Crippen LogP contribution is 2.26. The minimum atomic E-state index is -0.271. The van der Waals surface area contributed by atoms with E-state index in [1.165, 1.54) is 12.1 Å². The van der Waals surface area contributed by atoms with E-state index in [1.807, 2.05) is 12.1 Å². The van der Waals surface area contributed by atoms with E-state index in [4.69, 9.17) is 10.2 Å². The van der Waals surface area contributed by atoms with Crippen molar-refractivity contribution in [1.29, 1.82) is 0 Å². The van der Waals surface area contributed by atoms with Gasteiger partial charge in [0, 0.05) is 16.1 Å². The van der Waals surface area contributed by atoms with Crippen molar-refractivity contribution in [1.82, 2.24) is 0 Å². The molecule has 2 nitrogen and oxygen atoms in total. The van der Waals surface area contributed by atoms with Crippen LogP contribution in [0.2, 0.25) is 0 Å². The van der Waals surface area contributed by atoms with E-state index < -0.39 is 0 Å². The summed E-state index contributed by atoms with van der Waals surface area (Å²) in [7, 11) is 0. The fourth-order valence-electron chi connectivity index (χ4n) is 1.66. The third-order valence-electron chi connectivity index (χ3n) is 2.42. The van der Waals surface area contributed by atoms with Crippen LogP contribution in [0.4, 0.5) is 4.39 Å². The maximum atomic E-state index is 13.2. The number of nitrogens with two attached hydrogens (primary N) is 1. The fraction of sp³-hybridized carbons (Fsp3) is 0.167. The lowest BCUT2D eigenvalue weighted by Gasteiger charge is -2.10. The molecule has 1 unspecified atom stereocenters. The molecule has 0 aliphatic rings. The summed E-state index contributed by atoms with van der Waals surface area (Å²) in [4.78, 5) is 0. The Kier molecular flexibility index (Phi) is 4.01.